The normalized spacial score (nSPS) is 14.3. The molecule has 92 valence electrons. The van der Waals surface area contributed by atoms with Crippen molar-refractivity contribution in [2.45, 2.75) is 18.9 Å². The zero-order chi connectivity index (χ0) is 12.4. The van der Waals surface area contributed by atoms with E-state index >= 15 is 0 Å². The first-order chi connectivity index (χ1) is 8.81. The lowest BCUT2D eigenvalue weighted by Gasteiger charge is -2.09. The average molecular weight is 261 g/mol. The molecule has 1 aromatic carbocycles. The van der Waals surface area contributed by atoms with Crippen molar-refractivity contribution in [2.75, 3.05) is 10.6 Å². The molecule has 1 heterocycles. The molecule has 3 rings (SSSR count). The highest BCUT2D eigenvalue weighted by Crippen LogP contribution is 2.28. The van der Waals surface area contributed by atoms with Gasteiger partial charge in [0.1, 0.15) is 5.02 Å². The van der Waals surface area contributed by atoms with Crippen molar-refractivity contribution in [2.24, 2.45) is 0 Å². The second-order valence-corrected chi connectivity index (χ2v) is 4.71. The first-order valence-corrected chi connectivity index (χ1v) is 6.30. The van der Waals surface area contributed by atoms with Gasteiger partial charge in [-0.15, -0.1) is 0 Å². The molecule has 0 spiro atoms. The van der Waals surface area contributed by atoms with Gasteiger partial charge < -0.3 is 10.6 Å². The second-order valence-electron chi connectivity index (χ2n) is 4.30. The van der Waals surface area contributed by atoms with E-state index in [4.69, 9.17) is 11.6 Å². The predicted molar refractivity (Wildman–Crippen MR) is 73.4 cm³/mol. The summed E-state index contributed by atoms with van der Waals surface area (Å²) in [5.74, 6) is 1.25. The van der Waals surface area contributed by atoms with Crippen LogP contribution in [-0.4, -0.2) is 16.0 Å². The molecule has 4 nitrogen and oxygen atoms in total. The smallest absolute Gasteiger partial charge is 0.229 e. The minimum Gasteiger partial charge on any atom is -0.366 e. The fourth-order valence-corrected chi connectivity index (χ4v) is 1.75. The maximum atomic E-state index is 6.06. The third-order valence-electron chi connectivity index (χ3n) is 2.69. The number of benzene rings is 1. The first kappa shape index (κ1) is 11.3. The van der Waals surface area contributed by atoms with Gasteiger partial charge in [-0.1, -0.05) is 29.8 Å². The number of aromatic nitrogens is 2. The molecule has 1 saturated carbocycles. The van der Waals surface area contributed by atoms with Crippen LogP contribution in [0.25, 0.3) is 0 Å². The van der Waals surface area contributed by atoms with Crippen molar-refractivity contribution in [3.63, 3.8) is 0 Å². The van der Waals surface area contributed by atoms with Crippen LogP contribution in [0.5, 0.6) is 0 Å². The molecular formula is C13H13ClN4. The highest BCUT2D eigenvalue weighted by Gasteiger charge is 2.22. The van der Waals surface area contributed by atoms with Crippen LogP contribution in [0.4, 0.5) is 17.5 Å². The summed E-state index contributed by atoms with van der Waals surface area (Å²) in [5, 5.41) is 6.99. The Hall–Kier alpha value is -1.81. The van der Waals surface area contributed by atoms with Crippen LogP contribution in [-0.2, 0) is 0 Å². The predicted octanol–water partition coefficient (Wildman–Crippen LogP) is 3.45. The van der Waals surface area contributed by atoms with Gasteiger partial charge in [0.05, 0.1) is 6.20 Å². The van der Waals surface area contributed by atoms with E-state index in [1.54, 1.807) is 6.20 Å². The third kappa shape index (κ3) is 2.71. The van der Waals surface area contributed by atoms with Gasteiger partial charge in [-0.05, 0) is 25.0 Å². The Balaban J connectivity index is 1.79. The SMILES string of the molecule is Clc1cnc(Nc2ccccc2)nc1NC1CC1. The summed E-state index contributed by atoms with van der Waals surface area (Å²) in [6, 6.07) is 10.3. The second kappa shape index (κ2) is 4.82. The lowest BCUT2D eigenvalue weighted by molar-refractivity contribution is 1.08. The molecule has 2 aromatic rings. The number of nitrogens with zero attached hydrogens (tertiary/aromatic N) is 2. The summed E-state index contributed by atoms with van der Waals surface area (Å²) in [6.07, 6.45) is 3.98. The highest BCUT2D eigenvalue weighted by molar-refractivity contribution is 6.32. The van der Waals surface area contributed by atoms with Crippen molar-refractivity contribution in [3.8, 4) is 0 Å². The Bertz CT molecular complexity index is 540. The molecule has 0 aliphatic heterocycles. The standard InChI is InChI=1S/C13H13ClN4/c14-11-8-15-13(17-9-4-2-1-3-5-9)18-12(11)16-10-6-7-10/h1-5,8,10H,6-7H2,(H2,15,16,17,18). The van der Waals surface area contributed by atoms with Gasteiger partial charge in [-0.2, -0.15) is 4.98 Å². The van der Waals surface area contributed by atoms with E-state index in [1.165, 1.54) is 12.8 Å². The van der Waals surface area contributed by atoms with Crippen molar-refractivity contribution in [3.05, 3.63) is 41.6 Å². The summed E-state index contributed by atoms with van der Waals surface area (Å²) < 4.78 is 0. The van der Waals surface area contributed by atoms with E-state index in [0.29, 0.717) is 22.8 Å². The maximum absolute atomic E-state index is 6.06. The van der Waals surface area contributed by atoms with Gasteiger partial charge in [0.15, 0.2) is 5.82 Å². The molecule has 0 unspecified atom stereocenters. The van der Waals surface area contributed by atoms with Crippen molar-refractivity contribution in [1.29, 1.82) is 0 Å². The number of hydrogen-bond acceptors (Lipinski definition) is 4. The van der Waals surface area contributed by atoms with Crippen LogP contribution in [0, 0.1) is 0 Å². The van der Waals surface area contributed by atoms with Crippen LogP contribution in [0.15, 0.2) is 36.5 Å². The zero-order valence-corrected chi connectivity index (χ0v) is 10.5. The van der Waals surface area contributed by atoms with Gasteiger partial charge in [-0.25, -0.2) is 4.98 Å². The summed E-state index contributed by atoms with van der Waals surface area (Å²) in [6.45, 7) is 0. The van der Waals surface area contributed by atoms with Crippen LogP contribution in [0.3, 0.4) is 0 Å². The average Bonchev–Trinajstić information content (AvgIpc) is 3.19. The van der Waals surface area contributed by atoms with E-state index in [0.717, 1.165) is 5.69 Å². The van der Waals surface area contributed by atoms with E-state index < -0.39 is 0 Å². The summed E-state index contributed by atoms with van der Waals surface area (Å²) >= 11 is 6.06. The number of rotatable bonds is 4. The molecule has 0 saturated heterocycles. The third-order valence-corrected chi connectivity index (χ3v) is 2.97. The van der Waals surface area contributed by atoms with Crippen LogP contribution < -0.4 is 10.6 Å². The quantitative estimate of drug-likeness (QED) is 0.884. The van der Waals surface area contributed by atoms with E-state index in [9.17, 15) is 0 Å². The molecular weight excluding hydrogens is 248 g/mol. The van der Waals surface area contributed by atoms with E-state index in [-0.39, 0.29) is 0 Å². The summed E-state index contributed by atoms with van der Waals surface area (Å²) in [5.41, 5.74) is 0.956. The molecule has 2 N–H and O–H groups in total. The molecule has 0 radical (unpaired) electrons. The van der Waals surface area contributed by atoms with E-state index in [1.807, 2.05) is 30.3 Å². The lowest BCUT2D eigenvalue weighted by Crippen LogP contribution is -2.06. The van der Waals surface area contributed by atoms with Crippen molar-refractivity contribution >= 4 is 29.1 Å². The molecule has 1 aromatic heterocycles. The van der Waals surface area contributed by atoms with Crippen LogP contribution in [0.2, 0.25) is 5.02 Å². The Morgan fingerprint density at radius 1 is 1.17 bits per heavy atom. The van der Waals surface area contributed by atoms with E-state index in [2.05, 4.69) is 20.6 Å². The Morgan fingerprint density at radius 2 is 1.94 bits per heavy atom. The largest absolute Gasteiger partial charge is 0.366 e. The van der Waals surface area contributed by atoms with Crippen LogP contribution in [0.1, 0.15) is 12.8 Å². The lowest BCUT2D eigenvalue weighted by atomic mass is 10.3. The number of hydrogen-bond donors (Lipinski definition) is 2. The van der Waals surface area contributed by atoms with Crippen LogP contribution >= 0.6 is 11.6 Å². The molecule has 0 amide bonds. The maximum Gasteiger partial charge on any atom is 0.229 e. The Kier molecular flexibility index (Phi) is 3.02. The van der Waals surface area contributed by atoms with Gasteiger partial charge >= 0.3 is 0 Å². The number of halogens is 1. The van der Waals surface area contributed by atoms with Gasteiger partial charge in [0.2, 0.25) is 5.95 Å². The Labute approximate surface area is 110 Å². The molecule has 18 heavy (non-hydrogen) atoms. The molecule has 1 aliphatic rings. The van der Waals surface area contributed by atoms with Gasteiger partial charge in [-0.3, -0.25) is 0 Å². The number of anilines is 3. The fraction of sp³-hybridized carbons (Fsp3) is 0.231. The molecule has 0 bridgehead atoms. The number of nitrogens with one attached hydrogen (secondary N) is 2. The van der Waals surface area contributed by atoms with Gasteiger partial charge in [0, 0.05) is 11.7 Å². The first-order valence-electron chi connectivity index (χ1n) is 5.92. The van der Waals surface area contributed by atoms with Gasteiger partial charge in [0.25, 0.3) is 0 Å². The number of para-hydroxylation sites is 1. The monoisotopic (exact) mass is 260 g/mol. The summed E-state index contributed by atoms with van der Waals surface area (Å²) in [7, 11) is 0. The van der Waals surface area contributed by atoms with Crippen molar-refractivity contribution < 1.29 is 0 Å². The summed E-state index contributed by atoms with van der Waals surface area (Å²) in [4.78, 5) is 8.55. The topological polar surface area (TPSA) is 49.8 Å². The highest BCUT2D eigenvalue weighted by atomic mass is 35.5. The molecule has 5 heteroatoms. The molecule has 1 fully saturated rings. The fourth-order valence-electron chi connectivity index (χ4n) is 1.60. The van der Waals surface area contributed by atoms with Crippen molar-refractivity contribution in [1.82, 2.24) is 9.97 Å². The zero-order valence-electron chi connectivity index (χ0n) is 9.73. The molecule has 1 aliphatic carbocycles. The molecule has 0 atom stereocenters. The minimum atomic E-state index is 0.516. The minimum absolute atomic E-state index is 0.516. The Morgan fingerprint density at radius 3 is 2.67 bits per heavy atom.